The molecule has 2 heteroatoms. The Morgan fingerprint density at radius 3 is 2.48 bits per heavy atom. The first kappa shape index (κ1) is 16.4. The van der Waals surface area contributed by atoms with Crippen molar-refractivity contribution in [3.05, 3.63) is 29.3 Å². The van der Waals surface area contributed by atoms with Crippen LogP contribution in [0.2, 0.25) is 0 Å². The highest BCUT2D eigenvalue weighted by Crippen LogP contribution is 2.39. The van der Waals surface area contributed by atoms with E-state index in [1.54, 1.807) is 0 Å². The van der Waals surface area contributed by atoms with E-state index >= 15 is 0 Å². The quantitative estimate of drug-likeness (QED) is 0.828. The molecule has 118 valence electrons. The molecule has 0 aromatic heterocycles. The molecule has 0 amide bonds. The van der Waals surface area contributed by atoms with Gasteiger partial charge in [-0.25, -0.2) is 0 Å². The van der Waals surface area contributed by atoms with E-state index in [0.717, 1.165) is 6.54 Å². The lowest BCUT2D eigenvalue weighted by Gasteiger charge is -2.27. The van der Waals surface area contributed by atoms with Crippen LogP contribution in [-0.2, 0) is 6.54 Å². The normalized spacial score (nSPS) is 17.7. The average Bonchev–Trinajstić information content (AvgIpc) is 2.91. The van der Waals surface area contributed by atoms with E-state index in [1.165, 1.54) is 49.2 Å². The van der Waals surface area contributed by atoms with Gasteiger partial charge in [0.05, 0.1) is 0 Å². The minimum Gasteiger partial charge on any atom is -0.371 e. The third-order valence-corrected chi connectivity index (χ3v) is 5.33. The fourth-order valence-electron chi connectivity index (χ4n) is 3.37. The molecule has 0 aliphatic carbocycles. The van der Waals surface area contributed by atoms with Crippen LogP contribution in [0.3, 0.4) is 0 Å². The molecule has 0 unspecified atom stereocenters. The van der Waals surface area contributed by atoms with Crippen LogP contribution in [0, 0.1) is 12.3 Å². The summed E-state index contributed by atoms with van der Waals surface area (Å²) in [6.45, 7) is 14.7. The maximum Gasteiger partial charge on any atom is 0.0369 e. The van der Waals surface area contributed by atoms with Crippen molar-refractivity contribution in [2.45, 2.75) is 66.5 Å². The third kappa shape index (κ3) is 3.79. The summed E-state index contributed by atoms with van der Waals surface area (Å²) in [5.74, 6) is 0. The smallest absolute Gasteiger partial charge is 0.0369 e. The number of rotatable bonds is 6. The van der Waals surface area contributed by atoms with E-state index in [0.29, 0.717) is 11.5 Å². The van der Waals surface area contributed by atoms with Gasteiger partial charge in [0, 0.05) is 31.4 Å². The lowest BCUT2D eigenvalue weighted by Crippen LogP contribution is -2.26. The van der Waals surface area contributed by atoms with E-state index < -0.39 is 0 Å². The van der Waals surface area contributed by atoms with Gasteiger partial charge in [-0.15, -0.1) is 0 Å². The second kappa shape index (κ2) is 6.83. The van der Waals surface area contributed by atoms with Gasteiger partial charge in [0.1, 0.15) is 0 Å². The molecule has 1 saturated heterocycles. The van der Waals surface area contributed by atoms with Crippen LogP contribution in [0.1, 0.15) is 58.1 Å². The number of benzene rings is 1. The van der Waals surface area contributed by atoms with Crippen LogP contribution in [0.4, 0.5) is 5.69 Å². The van der Waals surface area contributed by atoms with Crippen molar-refractivity contribution in [3.8, 4) is 0 Å². The molecule has 0 atom stereocenters. The molecule has 1 aliphatic rings. The Bertz CT molecular complexity index is 461. The van der Waals surface area contributed by atoms with Crippen molar-refractivity contribution in [3.63, 3.8) is 0 Å². The van der Waals surface area contributed by atoms with E-state index in [2.05, 4.69) is 63.0 Å². The zero-order valence-corrected chi connectivity index (χ0v) is 14.5. The summed E-state index contributed by atoms with van der Waals surface area (Å²) < 4.78 is 0. The van der Waals surface area contributed by atoms with E-state index in [9.17, 15) is 0 Å². The highest BCUT2D eigenvalue weighted by molar-refractivity contribution is 5.52. The Kier molecular flexibility index (Phi) is 5.32. The molecule has 0 spiro atoms. The Labute approximate surface area is 130 Å². The third-order valence-electron chi connectivity index (χ3n) is 5.33. The van der Waals surface area contributed by atoms with Crippen molar-refractivity contribution in [2.24, 2.45) is 5.41 Å². The molecule has 2 rings (SSSR count). The topological polar surface area (TPSA) is 15.3 Å². The Balaban J connectivity index is 2.07. The van der Waals surface area contributed by atoms with Crippen molar-refractivity contribution in [1.29, 1.82) is 0 Å². The zero-order valence-electron chi connectivity index (χ0n) is 14.5. The number of hydrogen-bond donors (Lipinski definition) is 1. The van der Waals surface area contributed by atoms with Gasteiger partial charge in [-0.1, -0.05) is 33.8 Å². The van der Waals surface area contributed by atoms with Crippen molar-refractivity contribution in [1.82, 2.24) is 5.32 Å². The molecule has 0 radical (unpaired) electrons. The summed E-state index contributed by atoms with van der Waals surface area (Å²) in [4.78, 5) is 2.58. The number of hydrogen-bond acceptors (Lipinski definition) is 2. The van der Waals surface area contributed by atoms with Gasteiger partial charge in [-0.2, -0.15) is 0 Å². The standard InChI is InChI=1S/C19H32N2/c1-6-19(7-2)10-11-21(14-19)18-9-8-17(16(5)12-18)13-20-15(3)4/h8-9,12,15,20H,6-7,10-11,13-14H2,1-5H3. The predicted molar refractivity (Wildman–Crippen MR) is 93.0 cm³/mol. The molecule has 0 bridgehead atoms. The number of anilines is 1. The largest absolute Gasteiger partial charge is 0.371 e. The van der Waals surface area contributed by atoms with Gasteiger partial charge in [-0.05, 0) is 54.9 Å². The fourth-order valence-corrected chi connectivity index (χ4v) is 3.37. The molecule has 1 aromatic rings. The summed E-state index contributed by atoms with van der Waals surface area (Å²) in [7, 11) is 0. The molecular formula is C19H32N2. The van der Waals surface area contributed by atoms with E-state index in [4.69, 9.17) is 0 Å². The lowest BCUT2D eigenvalue weighted by molar-refractivity contribution is 0.301. The summed E-state index contributed by atoms with van der Waals surface area (Å²) in [5, 5.41) is 3.51. The van der Waals surface area contributed by atoms with Crippen LogP contribution in [0.5, 0.6) is 0 Å². The highest BCUT2D eigenvalue weighted by atomic mass is 15.2. The fraction of sp³-hybridized carbons (Fsp3) is 0.684. The molecule has 1 aliphatic heterocycles. The molecule has 0 saturated carbocycles. The van der Waals surface area contributed by atoms with Crippen LogP contribution >= 0.6 is 0 Å². The van der Waals surface area contributed by atoms with Gasteiger partial charge < -0.3 is 10.2 Å². The lowest BCUT2D eigenvalue weighted by atomic mass is 9.82. The van der Waals surface area contributed by atoms with Gasteiger partial charge in [0.25, 0.3) is 0 Å². The highest BCUT2D eigenvalue weighted by Gasteiger charge is 2.34. The minimum absolute atomic E-state index is 0.539. The molecule has 1 fully saturated rings. The molecular weight excluding hydrogens is 256 g/mol. The molecule has 1 N–H and O–H groups in total. The minimum atomic E-state index is 0.539. The van der Waals surface area contributed by atoms with Crippen LogP contribution in [-0.4, -0.2) is 19.1 Å². The van der Waals surface area contributed by atoms with Gasteiger partial charge in [-0.3, -0.25) is 0 Å². The SMILES string of the molecule is CCC1(CC)CCN(c2ccc(CNC(C)C)c(C)c2)C1. The van der Waals surface area contributed by atoms with E-state index in [1.807, 2.05) is 0 Å². The first-order valence-corrected chi connectivity index (χ1v) is 8.57. The van der Waals surface area contributed by atoms with Gasteiger partial charge >= 0.3 is 0 Å². The number of aryl methyl sites for hydroxylation is 1. The Morgan fingerprint density at radius 1 is 1.24 bits per heavy atom. The van der Waals surface area contributed by atoms with Crippen LogP contribution in [0.15, 0.2) is 18.2 Å². The van der Waals surface area contributed by atoms with E-state index in [-0.39, 0.29) is 0 Å². The number of nitrogens with zero attached hydrogens (tertiary/aromatic N) is 1. The summed E-state index contributed by atoms with van der Waals surface area (Å²) in [6, 6.07) is 7.53. The Hall–Kier alpha value is -1.02. The summed E-state index contributed by atoms with van der Waals surface area (Å²) in [6.07, 6.45) is 3.94. The van der Waals surface area contributed by atoms with Crippen molar-refractivity contribution < 1.29 is 0 Å². The molecule has 21 heavy (non-hydrogen) atoms. The second-order valence-corrected chi connectivity index (χ2v) is 7.03. The van der Waals surface area contributed by atoms with Crippen LogP contribution < -0.4 is 10.2 Å². The molecule has 1 aromatic carbocycles. The maximum absolute atomic E-state index is 3.51. The summed E-state index contributed by atoms with van der Waals surface area (Å²) >= 11 is 0. The average molecular weight is 288 g/mol. The van der Waals surface area contributed by atoms with Crippen molar-refractivity contribution in [2.75, 3.05) is 18.0 Å². The Morgan fingerprint density at radius 2 is 1.95 bits per heavy atom. The van der Waals surface area contributed by atoms with Crippen molar-refractivity contribution >= 4 is 5.69 Å². The van der Waals surface area contributed by atoms with Crippen LogP contribution in [0.25, 0.3) is 0 Å². The summed E-state index contributed by atoms with van der Waals surface area (Å²) in [5.41, 5.74) is 4.78. The molecule has 1 heterocycles. The second-order valence-electron chi connectivity index (χ2n) is 7.03. The zero-order chi connectivity index (χ0) is 15.5. The van der Waals surface area contributed by atoms with Gasteiger partial charge in [0.15, 0.2) is 0 Å². The van der Waals surface area contributed by atoms with Gasteiger partial charge in [0.2, 0.25) is 0 Å². The molecule has 2 nitrogen and oxygen atoms in total. The maximum atomic E-state index is 3.51. The monoisotopic (exact) mass is 288 g/mol. The number of nitrogens with one attached hydrogen (secondary N) is 1. The first-order chi connectivity index (χ1) is 9.99. The predicted octanol–water partition coefficient (Wildman–Crippen LogP) is 4.51. The first-order valence-electron chi connectivity index (χ1n) is 8.57.